The number of nitrogens with zero attached hydrogens (tertiary/aromatic N) is 1. The van der Waals surface area contributed by atoms with Gasteiger partial charge < -0.3 is 9.64 Å². The van der Waals surface area contributed by atoms with E-state index in [-0.39, 0.29) is 30.0 Å². The van der Waals surface area contributed by atoms with E-state index in [9.17, 15) is 9.18 Å². The second kappa shape index (κ2) is 7.00. The van der Waals surface area contributed by atoms with E-state index >= 15 is 0 Å². The first-order valence-corrected chi connectivity index (χ1v) is 7.49. The van der Waals surface area contributed by atoms with Crippen LogP contribution in [0.4, 0.5) is 4.39 Å². The van der Waals surface area contributed by atoms with Crippen molar-refractivity contribution >= 4 is 5.91 Å². The Morgan fingerprint density at radius 2 is 2.00 bits per heavy atom. The van der Waals surface area contributed by atoms with Gasteiger partial charge in [-0.25, -0.2) is 4.39 Å². The third-order valence-electron chi connectivity index (χ3n) is 3.82. The molecular weight excluding hydrogens is 271 g/mol. The number of benzene rings is 1. The van der Waals surface area contributed by atoms with Gasteiger partial charge in [0.2, 0.25) is 5.91 Å². The highest BCUT2D eigenvalue weighted by molar-refractivity contribution is 5.84. The maximum Gasteiger partial charge on any atom is 0.241 e. The SMILES string of the molecule is CCOCC(C)N1C(=O)C(CC)NC1c1ccc(F)cc1. The minimum absolute atomic E-state index is 0.0310. The predicted octanol–water partition coefficient (Wildman–Crippen LogP) is 2.46. The van der Waals surface area contributed by atoms with Crippen LogP contribution in [0.2, 0.25) is 0 Å². The highest BCUT2D eigenvalue weighted by Crippen LogP contribution is 2.28. The summed E-state index contributed by atoms with van der Waals surface area (Å²) in [4.78, 5) is 14.3. The van der Waals surface area contributed by atoms with Crippen molar-refractivity contribution in [1.82, 2.24) is 10.2 Å². The Bertz CT molecular complexity index is 478. The minimum atomic E-state index is -0.274. The Kier molecular flexibility index (Phi) is 5.31. The monoisotopic (exact) mass is 294 g/mol. The molecule has 0 spiro atoms. The second-order valence-electron chi connectivity index (χ2n) is 5.34. The molecule has 2 rings (SSSR count). The lowest BCUT2D eigenvalue weighted by molar-refractivity contribution is -0.133. The predicted molar refractivity (Wildman–Crippen MR) is 79.2 cm³/mol. The summed E-state index contributed by atoms with van der Waals surface area (Å²) in [5.41, 5.74) is 0.893. The van der Waals surface area contributed by atoms with Crippen LogP contribution in [0.25, 0.3) is 0 Å². The first-order valence-electron chi connectivity index (χ1n) is 7.49. The summed E-state index contributed by atoms with van der Waals surface area (Å²) < 4.78 is 18.5. The third kappa shape index (κ3) is 3.41. The molecule has 3 atom stereocenters. The fourth-order valence-corrected chi connectivity index (χ4v) is 2.68. The van der Waals surface area contributed by atoms with E-state index in [1.807, 2.05) is 25.7 Å². The summed E-state index contributed by atoms with van der Waals surface area (Å²) >= 11 is 0. The van der Waals surface area contributed by atoms with Gasteiger partial charge in [-0.2, -0.15) is 0 Å². The summed E-state index contributed by atoms with van der Waals surface area (Å²) in [6.45, 7) is 7.01. The second-order valence-corrected chi connectivity index (χ2v) is 5.34. The van der Waals surface area contributed by atoms with E-state index in [0.29, 0.717) is 13.2 Å². The molecule has 116 valence electrons. The van der Waals surface area contributed by atoms with Crippen molar-refractivity contribution in [2.45, 2.75) is 45.4 Å². The molecular formula is C16H23FN2O2. The molecule has 0 radical (unpaired) electrons. The zero-order chi connectivity index (χ0) is 15.4. The molecule has 3 unspecified atom stereocenters. The van der Waals surface area contributed by atoms with E-state index in [2.05, 4.69) is 5.32 Å². The van der Waals surface area contributed by atoms with Gasteiger partial charge in [0, 0.05) is 6.61 Å². The van der Waals surface area contributed by atoms with E-state index in [1.54, 1.807) is 12.1 Å². The van der Waals surface area contributed by atoms with Crippen LogP contribution >= 0.6 is 0 Å². The van der Waals surface area contributed by atoms with Crippen molar-refractivity contribution in [3.05, 3.63) is 35.6 Å². The molecule has 1 aliphatic heterocycles. The van der Waals surface area contributed by atoms with Crippen molar-refractivity contribution in [2.24, 2.45) is 0 Å². The zero-order valence-corrected chi connectivity index (χ0v) is 12.8. The van der Waals surface area contributed by atoms with Crippen LogP contribution in [0.1, 0.15) is 38.9 Å². The molecule has 1 N–H and O–H groups in total. The van der Waals surface area contributed by atoms with Crippen LogP contribution < -0.4 is 5.32 Å². The van der Waals surface area contributed by atoms with Gasteiger partial charge in [-0.3, -0.25) is 10.1 Å². The number of nitrogens with one attached hydrogen (secondary N) is 1. The van der Waals surface area contributed by atoms with E-state index in [4.69, 9.17) is 4.74 Å². The van der Waals surface area contributed by atoms with E-state index < -0.39 is 0 Å². The van der Waals surface area contributed by atoms with Gasteiger partial charge in [-0.05, 0) is 38.0 Å². The molecule has 21 heavy (non-hydrogen) atoms. The molecule has 0 aliphatic carbocycles. The molecule has 1 saturated heterocycles. The molecule has 1 aromatic rings. The largest absolute Gasteiger partial charge is 0.380 e. The van der Waals surface area contributed by atoms with Gasteiger partial charge in [0.1, 0.15) is 12.0 Å². The standard InChI is InChI=1S/C16H23FN2O2/c1-4-14-16(20)19(11(3)10-21-5-2)15(18-14)12-6-8-13(17)9-7-12/h6-9,11,14-15,18H,4-5,10H2,1-3H3. The van der Waals surface area contributed by atoms with Crippen LogP contribution in [-0.2, 0) is 9.53 Å². The molecule has 1 heterocycles. The van der Waals surface area contributed by atoms with Crippen molar-refractivity contribution in [3.63, 3.8) is 0 Å². The van der Waals surface area contributed by atoms with Gasteiger partial charge in [0.15, 0.2) is 0 Å². The Balaban J connectivity index is 2.23. The van der Waals surface area contributed by atoms with Crippen LogP contribution in [-0.4, -0.2) is 36.1 Å². The Labute approximate surface area is 125 Å². The third-order valence-corrected chi connectivity index (χ3v) is 3.82. The fraction of sp³-hybridized carbons (Fsp3) is 0.562. The lowest BCUT2D eigenvalue weighted by atomic mass is 10.1. The van der Waals surface area contributed by atoms with Crippen molar-refractivity contribution in [3.8, 4) is 0 Å². The number of ether oxygens (including phenoxy) is 1. The zero-order valence-electron chi connectivity index (χ0n) is 12.8. The first-order chi connectivity index (χ1) is 10.1. The van der Waals surface area contributed by atoms with Gasteiger partial charge in [-0.1, -0.05) is 19.1 Å². The number of hydrogen-bond donors (Lipinski definition) is 1. The molecule has 1 amide bonds. The summed E-state index contributed by atoms with van der Waals surface area (Å²) in [6.07, 6.45) is 0.507. The van der Waals surface area contributed by atoms with Crippen molar-refractivity contribution in [1.29, 1.82) is 0 Å². The lowest BCUT2D eigenvalue weighted by Crippen LogP contribution is -2.41. The number of hydrogen-bond acceptors (Lipinski definition) is 3. The maximum absolute atomic E-state index is 13.1. The molecule has 0 bridgehead atoms. The molecule has 4 nitrogen and oxygen atoms in total. The highest BCUT2D eigenvalue weighted by atomic mass is 19.1. The Morgan fingerprint density at radius 3 is 2.57 bits per heavy atom. The molecule has 1 fully saturated rings. The average molecular weight is 294 g/mol. The quantitative estimate of drug-likeness (QED) is 0.876. The molecule has 0 saturated carbocycles. The van der Waals surface area contributed by atoms with Crippen LogP contribution in [0.15, 0.2) is 24.3 Å². The summed E-state index contributed by atoms with van der Waals surface area (Å²) in [5, 5.41) is 3.33. The fourth-order valence-electron chi connectivity index (χ4n) is 2.68. The first kappa shape index (κ1) is 15.9. The van der Waals surface area contributed by atoms with Crippen LogP contribution in [0, 0.1) is 5.82 Å². The van der Waals surface area contributed by atoms with Gasteiger partial charge in [-0.15, -0.1) is 0 Å². The number of amides is 1. The van der Waals surface area contributed by atoms with Gasteiger partial charge in [0.25, 0.3) is 0 Å². The average Bonchev–Trinajstić information content (AvgIpc) is 2.82. The topological polar surface area (TPSA) is 41.6 Å². The Morgan fingerprint density at radius 1 is 1.33 bits per heavy atom. The summed E-state index contributed by atoms with van der Waals surface area (Å²) in [6, 6.07) is 6.07. The molecule has 5 heteroatoms. The van der Waals surface area contributed by atoms with E-state index in [1.165, 1.54) is 12.1 Å². The van der Waals surface area contributed by atoms with Crippen molar-refractivity contribution in [2.75, 3.05) is 13.2 Å². The number of rotatable bonds is 6. The molecule has 1 aliphatic rings. The number of carbonyl (C=O) groups excluding carboxylic acids is 1. The van der Waals surface area contributed by atoms with Gasteiger partial charge >= 0.3 is 0 Å². The molecule has 0 aromatic heterocycles. The summed E-state index contributed by atoms with van der Waals surface area (Å²) in [5.74, 6) is -0.192. The minimum Gasteiger partial charge on any atom is -0.380 e. The number of carbonyl (C=O) groups is 1. The smallest absolute Gasteiger partial charge is 0.241 e. The highest BCUT2D eigenvalue weighted by Gasteiger charge is 2.40. The maximum atomic E-state index is 13.1. The van der Waals surface area contributed by atoms with Crippen LogP contribution in [0.5, 0.6) is 0 Å². The Hall–Kier alpha value is -1.46. The van der Waals surface area contributed by atoms with E-state index in [0.717, 1.165) is 12.0 Å². The lowest BCUT2D eigenvalue weighted by Gasteiger charge is -2.30. The number of halogens is 1. The normalized spacial score (nSPS) is 23.6. The summed E-state index contributed by atoms with van der Waals surface area (Å²) in [7, 11) is 0. The van der Waals surface area contributed by atoms with Crippen molar-refractivity contribution < 1.29 is 13.9 Å². The van der Waals surface area contributed by atoms with Gasteiger partial charge in [0.05, 0.1) is 18.7 Å². The van der Waals surface area contributed by atoms with Crippen LogP contribution in [0.3, 0.4) is 0 Å². The molecule has 1 aromatic carbocycles.